The summed E-state index contributed by atoms with van der Waals surface area (Å²) in [5, 5.41) is 8.94. The van der Waals surface area contributed by atoms with Crippen molar-refractivity contribution in [3.63, 3.8) is 0 Å². The molecule has 0 radical (unpaired) electrons. The second-order valence-corrected chi connectivity index (χ2v) is 10.9. The molecule has 2 atom stereocenters. The normalized spacial score (nSPS) is 22.6. The fourth-order valence-electron chi connectivity index (χ4n) is 6.13. The van der Waals surface area contributed by atoms with E-state index in [4.69, 9.17) is 26.8 Å². The first-order valence-electron chi connectivity index (χ1n) is 13.1. The Morgan fingerprint density at radius 1 is 1.22 bits per heavy atom. The second-order valence-electron chi connectivity index (χ2n) is 10.5. The predicted octanol–water partition coefficient (Wildman–Crippen LogP) is 4.23. The van der Waals surface area contributed by atoms with Crippen LogP contribution in [0.1, 0.15) is 24.8 Å². The third kappa shape index (κ3) is 4.85. The average molecular weight is 601 g/mol. The van der Waals surface area contributed by atoms with Gasteiger partial charge in [-0.15, -0.1) is 0 Å². The van der Waals surface area contributed by atoms with Crippen LogP contribution in [0.15, 0.2) is 12.1 Å². The molecule has 2 aromatic heterocycles. The minimum absolute atomic E-state index is 0.0125. The monoisotopic (exact) mass is 600 g/mol. The zero-order valence-electron chi connectivity index (χ0n) is 21.6. The highest BCUT2D eigenvalue weighted by Gasteiger charge is 2.49. The van der Waals surface area contributed by atoms with Gasteiger partial charge in [-0.05, 0) is 31.5 Å². The molecule has 15 heteroatoms. The van der Waals surface area contributed by atoms with Crippen molar-refractivity contribution in [2.75, 3.05) is 56.6 Å². The molecule has 0 saturated carbocycles. The Bertz CT molecular complexity index is 1510. The number of nitrogens with two attached hydrogens (primary N) is 1. The molecular weight excluding hydrogens is 575 g/mol. The van der Waals surface area contributed by atoms with Gasteiger partial charge < -0.3 is 25.2 Å². The van der Waals surface area contributed by atoms with E-state index in [1.165, 1.54) is 0 Å². The number of fused-ring (bicyclic) bond motifs is 1. The van der Waals surface area contributed by atoms with Crippen molar-refractivity contribution in [2.45, 2.75) is 37.1 Å². The van der Waals surface area contributed by atoms with Crippen LogP contribution in [0.4, 0.5) is 33.5 Å². The van der Waals surface area contributed by atoms with Crippen molar-refractivity contribution in [3.05, 3.63) is 28.5 Å². The summed E-state index contributed by atoms with van der Waals surface area (Å²) in [5.74, 6) is -1.24. The van der Waals surface area contributed by atoms with Crippen LogP contribution in [-0.2, 0) is 6.18 Å². The molecule has 2 fully saturated rings. The van der Waals surface area contributed by atoms with E-state index in [0.29, 0.717) is 13.0 Å². The minimum atomic E-state index is -4.96. The number of halogens is 6. The molecule has 220 valence electrons. The molecule has 0 amide bonds. The number of hydrogen-bond acceptors (Lipinski definition) is 9. The molecule has 0 aliphatic carbocycles. The molecule has 0 bridgehead atoms. The van der Waals surface area contributed by atoms with Gasteiger partial charge in [-0.3, -0.25) is 4.90 Å². The number of aromatic nitrogens is 3. The maximum Gasteiger partial charge on any atom is 0.418 e. The van der Waals surface area contributed by atoms with Crippen molar-refractivity contribution < 1.29 is 36.5 Å². The third-order valence-corrected chi connectivity index (χ3v) is 8.16. The Balaban J connectivity index is 1.53. The lowest BCUT2D eigenvalue weighted by Crippen LogP contribution is -2.43. The Labute approximate surface area is 236 Å². The van der Waals surface area contributed by atoms with E-state index < -0.39 is 51.1 Å². The smallest absolute Gasteiger partial charge is 0.418 e. The molecule has 1 aromatic carbocycles. The van der Waals surface area contributed by atoms with Crippen LogP contribution in [0.3, 0.4) is 0 Å². The Kier molecular flexibility index (Phi) is 6.97. The molecule has 3 aliphatic heterocycles. The van der Waals surface area contributed by atoms with Gasteiger partial charge >= 0.3 is 12.2 Å². The van der Waals surface area contributed by atoms with Gasteiger partial charge in [0.15, 0.2) is 5.82 Å². The van der Waals surface area contributed by atoms with Gasteiger partial charge in [-0.1, -0.05) is 11.6 Å². The second kappa shape index (κ2) is 10.2. The lowest BCUT2D eigenvalue weighted by Gasteiger charge is -2.31. The standard InChI is InChI=1S/C26H26ClF5N6O3/c27-16-9-14(33)8-15(18(16)26(30,31)32)20-19(29)21-17-22(37(4-6-39)5-7-40-23(17)34-20)36-24(35-21)41-12-25-2-1-3-38(25)11-13(28)10-25/h8-9,13,39H,1-7,10-12,33H2/t13-,25+/m1/s1. The molecule has 0 unspecified atom stereocenters. The summed E-state index contributed by atoms with van der Waals surface area (Å²) in [6.45, 7) is 1.13. The van der Waals surface area contributed by atoms with E-state index in [-0.39, 0.29) is 68.1 Å². The van der Waals surface area contributed by atoms with Crippen molar-refractivity contribution >= 4 is 34.0 Å². The number of nitrogen functional groups attached to an aromatic ring is 1. The lowest BCUT2D eigenvalue weighted by atomic mass is 9.95. The van der Waals surface area contributed by atoms with Crippen molar-refractivity contribution in [1.82, 2.24) is 19.9 Å². The number of hydrogen-bond donors (Lipinski definition) is 2. The summed E-state index contributed by atoms with van der Waals surface area (Å²) in [7, 11) is 0. The van der Waals surface area contributed by atoms with Crippen LogP contribution in [0.25, 0.3) is 22.2 Å². The summed E-state index contributed by atoms with van der Waals surface area (Å²) < 4.78 is 84.5. The van der Waals surface area contributed by atoms with Crippen LogP contribution in [0.5, 0.6) is 11.9 Å². The number of rotatable bonds is 6. The predicted molar refractivity (Wildman–Crippen MR) is 140 cm³/mol. The molecule has 3 aliphatic rings. The van der Waals surface area contributed by atoms with Crippen molar-refractivity contribution in [1.29, 1.82) is 0 Å². The SMILES string of the molecule is Nc1cc(Cl)c(C(F)(F)F)c(-c2nc3c4c(nc(OC[C@@]56CCCN5C[C@H](F)C6)nc4c2F)N(CCO)CCO3)c1. The average Bonchev–Trinajstić information content (AvgIpc) is 3.36. The van der Waals surface area contributed by atoms with Crippen LogP contribution < -0.4 is 20.1 Å². The van der Waals surface area contributed by atoms with Crippen molar-refractivity contribution in [3.8, 4) is 23.1 Å². The Hall–Kier alpha value is -3.23. The first-order chi connectivity index (χ1) is 19.5. The van der Waals surface area contributed by atoms with Crippen LogP contribution >= 0.6 is 11.6 Å². The molecule has 0 spiro atoms. The Morgan fingerprint density at radius 2 is 2.02 bits per heavy atom. The maximum absolute atomic E-state index is 16.3. The molecule has 41 heavy (non-hydrogen) atoms. The minimum Gasteiger partial charge on any atom is -0.475 e. The van der Waals surface area contributed by atoms with Gasteiger partial charge in [0.25, 0.3) is 0 Å². The molecular formula is C26H26ClF5N6O3. The maximum atomic E-state index is 16.3. The lowest BCUT2D eigenvalue weighted by molar-refractivity contribution is -0.137. The number of aliphatic hydroxyl groups excluding tert-OH is 1. The van der Waals surface area contributed by atoms with E-state index in [0.717, 1.165) is 25.1 Å². The third-order valence-electron chi connectivity index (χ3n) is 7.86. The fourth-order valence-corrected chi connectivity index (χ4v) is 6.46. The molecule has 3 N–H and O–H groups in total. The number of aliphatic hydroxyl groups is 1. The Morgan fingerprint density at radius 3 is 2.78 bits per heavy atom. The van der Waals surface area contributed by atoms with Gasteiger partial charge in [0.1, 0.15) is 41.8 Å². The first-order valence-corrected chi connectivity index (χ1v) is 13.5. The summed E-state index contributed by atoms with van der Waals surface area (Å²) in [6, 6.07) is 1.62. The zero-order chi connectivity index (χ0) is 29.1. The fraction of sp³-hybridized carbons (Fsp3) is 0.500. The molecule has 6 rings (SSSR count). The topological polar surface area (TPSA) is 110 Å². The number of β-amino-alcohol motifs (C(OH)–C–C–N with tert-alkyl or cyclic N) is 1. The van der Waals surface area contributed by atoms with Gasteiger partial charge in [-0.2, -0.15) is 23.1 Å². The summed E-state index contributed by atoms with van der Waals surface area (Å²) in [5.41, 5.74) is 2.02. The first kappa shape index (κ1) is 27.9. The molecule has 3 aromatic rings. The summed E-state index contributed by atoms with van der Waals surface area (Å²) in [4.78, 5) is 16.5. The van der Waals surface area contributed by atoms with E-state index in [2.05, 4.69) is 15.0 Å². The van der Waals surface area contributed by atoms with Gasteiger partial charge in [0, 0.05) is 30.8 Å². The number of nitrogens with zero attached hydrogens (tertiary/aromatic N) is 5. The van der Waals surface area contributed by atoms with E-state index in [1.54, 1.807) is 4.90 Å². The highest BCUT2D eigenvalue weighted by Crippen LogP contribution is 2.46. The van der Waals surface area contributed by atoms with E-state index >= 15 is 4.39 Å². The van der Waals surface area contributed by atoms with Crippen LogP contribution in [-0.4, -0.2) is 82.7 Å². The number of ether oxygens (including phenoxy) is 2. The number of anilines is 2. The molecule has 5 heterocycles. The van der Waals surface area contributed by atoms with Gasteiger partial charge in [0.05, 0.1) is 29.3 Å². The van der Waals surface area contributed by atoms with E-state index in [1.807, 2.05) is 4.90 Å². The number of alkyl halides is 4. The molecule has 2 saturated heterocycles. The van der Waals surface area contributed by atoms with Crippen molar-refractivity contribution in [2.24, 2.45) is 0 Å². The zero-order valence-corrected chi connectivity index (χ0v) is 22.4. The van der Waals surface area contributed by atoms with Crippen LogP contribution in [0, 0.1) is 5.82 Å². The summed E-state index contributed by atoms with van der Waals surface area (Å²) >= 11 is 5.92. The number of pyridine rings is 1. The van der Waals surface area contributed by atoms with Gasteiger partial charge in [-0.25, -0.2) is 13.8 Å². The highest BCUT2D eigenvalue weighted by atomic mass is 35.5. The van der Waals surface area contributed by atoms with Crippen LogP contribution in [0.2, 0.25) is 5.02 Å². The highest BCUT2D eigenvalue weighted by molar-refractivity contribution is 6.32. The molecule has 9 nitrogen and oxygen atoms in total. The quantitative estimate of drug-likeness (QED) is 0.317. The number of benzene rings is 1. The van der Waals surface area contributed by atoms with E-state index in [9.17, 15) is 22.7 Å². The largest absolute Gasteiger partial charge is 0.475 e. The van der Waals surface area contributed by atoms with Gasteiger partial charge in [0.2, 0.25) is 5.88 Å². The summed E-state index contributed by atoms with van der Waals surface area (Å²) in [6.07, 6.45) is -4.09.